The number of carbonyl (C=O) groups excluding carboxylic acids is 1. The second kappa shape index (κ2) is 8.81. The Bertz CT molecular complexity index is 364. The van der Waals surface area contributed by atoms with E-state index in [1.807, 2.05) is 30.3 Å². The van der Waals surface area contributed by atoms with E-state index in [4.69, 9.17) is 0 Å². The van der Waals surface area contributed by atoms with Crippen molar-refractivity contribution >= 4 is 24.0 Å². The molecule has 4 heteroatoms. The molecular weight excluding hydrogens is 260 g/mol. The van der Waals surface area contributed by atoms with Gasteiger partial charge in [0.05, 0.1) is 6.54 Å². The molecule has 1 fully saturated rings. The maximum absolute atomic E-state index is 11.6. The van der Waals surface area contributed by atoms with Crippen molar-refractivity contribution in [3.05, 3.63) is 30.3 Å². The number of hydrogen-bond acceptors (Lipinski definition) is 2. The Balaban J connectivity index is 0.00000180. The summed E-state index contributed by atoms with van der Waals surface area (Å²) in [4.78, 5) is 11.6. The quantitative estimate of drug-likeness (QED) is 0.841. The molecule has 0 saturated heterocycles. The molecule has 19 heavy (non-hydrogen) atoms. The van der Waals surface area contributed by atoms with Gasteiger partial charge in [0.1, 0.15) is 0 Å². The van der Waals surface area contributed by atoms with Crippen LogP contribution in [0.4, 0.5) is 5.69 Å². The molecule has 0 atom stereocenters. The molecule has 0 heterocycles. The van der Waals surface area contributed by atoms with Gasteiger partial charge in [-0.15, -0.1) is 12.4 Å². The van der Waals surface area contributed by atoms with Gasteiger partial charge in [0.15, 0.2) is 0 Å². The summed E-state index contributed by atoms with van der Waals surface area (Å²) in [7, 11) is 0. The van der Waals surface area contributed by atoms with Gasteiger partial charge in [0.25, 0.3) is 0 Å². The predicted octanol–water partition coefficient (Wildman–Crippen LogP) is 3.22. The van der Waals surface area contributed by atoms with Crippen molar-refractivity contribution in [1.82, 2.24) is 5.32 Å². The number of para-hydroxylation sites is 1. The van der Waals surface area contributed by atoms with Crippen LogP contribution >= 0.6 is 12.4 Å². The third-order valence-corrected chi connectivity index (χ3v) is 3.58. The van der Waals surface area contributed by atoms with E-state index in [1.165, 1.54) is 25.7 Å². The minimum Gasteiger partial charge on any atom is -0.376 e. The van der Waals surface area contributed by atoms with E-state index in [2.05, 4.69) is 10.6 Å². The van der Waals surface area contributed by atoms with Crippen LogP contribution in [0, 0.1) is 5.92 Å². The molecule has 0 bridgehead atoms. The zero-order valence-electron chi connectivity index (χ0n) is 11.2. The van der Waals surface area contributed by atoms with Gasteiger partial charge in [0.2, 0.25) is 5.91 Å². The average Bonchev–Trinajstić information content (AvgIpc) is 2.91. The number of halogens is 1. The Kier molecular flexibility index (Phi) is 7.34. The van der Waals surface area contributed by atoms with Crippen molar-refractivity contribution in [2.24, 2.45) is 5.92 Å². The first kappa shape index (κ1) is 15.8. The highest BCUT2D eigenvalue weighted by Crippen LogP contribution is 2.26. The summed E-state index contributed by atoms with van der Waals surface area (Å²) in [6.45, 7) is 1.18. The fourth-order valence-electron chi connectivity index (χ4n) is 2.52. The van der Waals surface area contributed by atoms with Gasteiger partial charge in [0, 0.05) is 12.2 Å². The highest BCUT2D eigenvalue weighted by atomic mass is 35.5. The molecule has 1 saturated carbocycles. The molecule has 1 aliphatic rings. The Morgan fingerprint density at radius 2 is 1.84 bits per heavy atom. The Morgan fingerprint density at radius 3 is 2.53 bits per heavy atom. The fraction of sp³-hybridized carbons (Fsp3) is 0.533. The molecule has 0 aliphatic heterocycles. The summed E-state index contributed by atoms with van der Waals surface area (Å²) in [5.74, 6) is 0.921. The summed E-state index contributed by atoms with van der Waals surface area (Å²) in [6.07, 6.45) is 6.57. The number of nitrogens with one attached hydrogen (secondary N) is 2. The van der Waals surface area contributed by atoms with Crippen LogP contribution < -0.4 is 10.6 Å². The lowest BCUT2D eigenvalue weighted by Gasteiger charge is -2.10. The second-order valence-corrected chi connectivity index (χ2v) is 5.01. The predicted molar refractivity (Wildman–Crippen MR) is 81.8 cm³/mol. The average molecular weight is 283 g/mol. The Labute approximate surface area is 121 Å². The summed E-state index contributed by atoms with van der Waals surface area (Å²) in [5, 5.41) is 6.09. The molecule has 1 aromatic carbocycles. The van der Waals surface area contributed by atoms with Crippen LogP contribution in [0.5, 0.6) is 0 Å². The lowest BCUT2D eigenvalue weighted by atomic mass is 10.0. The standard InChI is InChI=1S/C15H22N2O.ClH/c18-15(12-17-14-8-2-1-3-9-14)16-11-10-13-6-4-5-7-13;/h1-3,8-9,13,17H,4-7,10-12H2,(H,16,18);1H. The van der Waals surface area contributed by atoms with Crippen molar-refractivity contribution in [1.29, 1.82) is 0 Å². The van der Waals surface area contributed by atoms with Crippen molar-refractivity contribution < 1.29 is 4.79 Å². The van der Waals surface area contributed by atoms with Gasteiger partial charge in [-0.05, 0) is 24.5 Å². The number of hydrogen-bond donors (Lipinski definition) is 2. The highest BCUT2D eigenvalue weighted by Gasteiger charge is 2.14. The summed E-state index contributed by atoms with van der Waals surface area (Å²) < 4.78 is 0. The van der Waals surface area contributed by atoms with Crippen molar-refractivity contribution in [3.8, 4) is 0 Å². The van der Waals surface area contributed by atoms with Gasteiger partial charge >= 0.3 is 0 Å². The molecular formula is C15H23ClN2O. The summed E-state index contributed by atoms with van der Waals surface area (Å²) in [5.41, 5.74) is 0.989. The molecule has 1 amide bonds. The van der Waals surface area contributed by atoms with Crippen LogP contribution in [0.1, 0.15) is 32.1 Å². The van der Waals surface area contributed by atoms with Crippen LogP contribution in [-0.2, 0) is 4.79 Å². The first-order valence-corrected chi connectivity index (χ1v) is 6.90. The normalized spacial score (nSPS) is 14.7. The minimum absolute atomic E-state index is 0. The van der Waals surface area contributed by atoms with E-state index in [-0.39, 0.29) is 18.3 Å². The van der Waals surface area contributed by atoms with Gasteiger partial charge in [-0.25, -0.2) is 0 Å². The van der Waals surface area contributed by atoms with E-state index in [1.54, 1.807) is 0 Å². The van der Waals surface area contributed by atoms with E-state index in [0.717, 1.165) is 24.6 Å². The zero-order chi connectivity index (χ0) is 12.6. The zero-order valence-corrected chi connectivity index (χ0v) is 12.0. The Morgan fingerprint density at radius 1 is 1.16 bits per heavy atom. The van der Waals surface area contributed by atoms with Crippen LogP contribution in [0.25, 0.3) is 0 Å². The van der Waals surface area contributed by atoms with Gasteiger partial charge in [-0.2, -0.15) is 0 Å². The van der Waals surface area contributed by atoms with Crippen molar-refractivity contribution in [3.63, 3.8) is 0 Å². The van der Waals surface area contributed by atoms with E-state index in [9.17, 15) is 4.79 Å². The number of carbonyl (C=O) groups is 1. The number of amides is 1. The van der Waals surface area contributed by atoms with E-state index in [0.29, 0.717) is 6.54 Å². The smallest absolute Gasteiger partial charge is 0.239 e. The summed E-state index contributed by atoms with van der Waals surface area (Å²) >= 11 is 0. The van der Waals surface area contributed by atoms with Gasteiger partial charge in [-0.3, -0.25) is 4.79 Å². The van der Waals surface area contributed by atoms with Gasteiger partial charge in [-0.1, -0.05) is 43.9 Å². The molecule has 1 aromatic rings. The number of rotatable bonds is 6. The van der Waals surface area contributed by atoms with Crippen LogP contribution in [-0.4, -0.2) is 19.0 Å². The molecule has 2 N–H and O–H groups in total. The molecule has 106 valence electrons. The SMILES string of the molecule is Cl.O=C(CNc1ccccc1)NCCC1CCCC1. The second-order valence-electron chi connectivity index (χ2n) is 5.01. The molecule has 0 unspecified atom stereocenters. The van der Waals surface area contributed by atoms with Crippen LogP contribution in [0.3, 0.4) is 0 Å². The maximum atomic E-state index is 11.6. The van der Waals surface area contributed by atoms with Crippen molar-refractivity contribution in [2.75, 3.05) is 18.4 Å². The van der Waals surface area contributed by atoms with E-state index >= 15 is 0 Å². The first-order valence-electron chi connectivity index (χ1n) is 6.90. The third kappa shape index (κ3) is 5.97. The minimum atomic E-state index is 0. The number of benzene rings is 1. The number of anilines is 1. The highest BCUT2D eigenvalue weighted by molar-refractivity contribution is 5.85. The largest absolute Gasteiger partial charge is 0.376 e. The fourth-order valence-corrected chi connectivity index (χ4v) is 2.52. The summed E-state index contributed by atoms with van der Waals surface area (Å²) in [6, 6.07) is 9.81. The van der Waals surface area contributed by atoms with Gasteiger partial charge < -0.3 is 10.6 Å². The third-order valence-electron chi connectivity index (χ3n) is 3.58. The van der Waals surface area contributed by atoms with Crippen molar-refractivity contribution in [2.45, 2.75) is 32.1 Å². The molecule has 0 aromatic heterocycles. The first-order chi connectivity index (χ1) is 8.84. The topological polar surface area (TPSA) is 41.1 Å². The molecule has 0 radical (unpaired) electrons. The molecule has 2 rings (SSSR count). The van der Waals surface area contributed by atoms with E-state index < -0.39 is 0 Å². The maximum Gasteiger partial charge on any atom is 0.239 e. The monoisotopic (exact) mass is 282 g/mol. The van der Waals surface area contributed by atoms with Crippen LogP contribution in [0.2, 0.25) is 0 Å². The molecule has 0 spiro atoms. The van der Waals surface area contributed by atoms with Crippen LogP contribution in [0.15, 0.2) is 30.3 Å². The lowest BCUT2D eigenvalue weighted by molar-refractivity contribution is -0.119. The molecule has 3 nitrogen and oxygen atoms in total. The molecule has 1 aliphatic carbocycles. The Hall–Kier alpha value is -1.22. The lowest BCUT2D eigenvalue weighted by Crippen LogP contribution is -2.31.